The van der Waals surface area contributed by atoms with E-state index in [4.69, 9.17) is 14.7 Å². The first kappa shape index (κ1) is 20.1. The second-order valence-corrected chi connectivity index (χ2v) is 8.53. The smallest absolute Gasteiger partial charge is 0.164 e. The summed E-state index contributed by atoms with van der Waals surface area (Å²) in [6, 6.07) is 4.58. The molecule has 0 radical (unpaired) electrons. The third-order valence-corrected chi connectivity index (χ3v) is 6.78. The Morgan fingerprint density at radius 2 is 2.17 bits per heavy atom. The molecule has 154 valence electrons. The summed E-state index contributed by atoms with van der Waals surface area (Å²) < 4.78 is 5.62. The van der Waals surface area contributed by atoms with E-state index in [9.17, 15) is 0 Å². The van der Waals surface area contributed by atoms with Crippen LogP contribution in [0.3, 0.4) is 0 Å². The molecule has 2 atom stereocenters. The molecule has 0 aliphatic carbocycles. The van der Waals surface area contributed by atoms with Crippen molar-refractivity contribution in [3.05, 3.63) is 36.4 Å². The minimum Gasteiger partial charge on any atom is -0.377 e. The zero-order valence-electron chi connectivity index (χ0n) is 17.0. The van der Waals surface area contributed by atoms with Gasteiger partial charge in [-0.15, -0.1) is 0 Å². The summed E-state index contributed by atoms with van der Waals surface area (Å²) in [5.41, 5.74) is 7.64. The van der Waals surface area contributed by atoms with E-state index in [-0.39, 0.29) is 0 Å². The van der Waals surface area contributed by atoms with Crippen molar-refractivity contribution in [1.29, 1.82) is 0 Å². The molecule has 2 aliphatic rings. The quantitative estimate of drug-likeness (QED) is 0.681. The Bertz CT molecular complexity index is 955. The molecule has 5 rings (SSSR count). The Balaban J connectivity index is 0.000000994. The van der Waals surface area contributed by atoms with Gasteiger partial charge in [0, 0.05) is 41.2 Å². The molecule has 2 aliphatic heterocycles. The number of aromatic nitrogens is 4. The van der Waals surface area contributed by atoms with Gasteiger partial charge >= 0.3 is 0 Å². The Morgan fingerprint density at radius 3 is 2.97 bits per heavy atom. The van der Waals surface area contributed by atoms with E-state index < -0.39 is 0 Å². The average molecular weight is 413 g/mol. The number of nitrogens with zero attached hydrogens (tertiary/aromatic N) is 4. The Kier molecular flexibility index (Phi) is 6.32. The van der Waals surface area contributed by atoms with Crippen LogP contribution in [0, 0.1) is 0 Å². The number of fused-ring (bicyclic) bond motifs is 1. The number of ether oxygens (including phenoxy) is 1. The normalized spacial score (nSPS) is 21.8. The van der Waals surface area contributed by atoms with Gasteiger partial charge in [0.1, 0.15) is 5.82 Å². The molecule has 0 amide bonds. The summed E-state index contributed by atoms with van der Waals surface area (Å²) in [4.78, 5) is 19.9. The van der Waals surface area contributed by atoms with Crippen LogP contribution in [0.2, 0.25) is 0 Å². The van der Waals surface area contributed by atoms with E-state index in [0.717, 1.165) is 53.6 Å². The molecule has 3 aromatic rings. The highest BCUT2D eigenvalue weighted by Gasteiger charge is 2.26. The van der Waals surface area contributed by atoms with Crippen LogP contribution in [0.4, 0.5) is 5.82 Å². The van der Waals surface area contributed by atoms with Crippen LogP contribution in [-0.2, 0) is 4.74 Å². The number of rotatable bonds is 3. The fraction of sp³-hybridized carbons (Fsp3) is 0.476. The minimum atomic E-state index is 0.312. The molecule has 29 heavy (non-hydrogen) atoms. The van der Waals surface area contributed by atoms with Gasteiger partial charge in [-0.25, -0.2) is 9.97 Å². The molecule has 2 fully saturated rings. The largest absolute Gasteiger partial charge is 0.377 e. The lowest BCUT2D eigenvalue weighted by atomic mass is 10.1. The third kappa shape index (κ3) is 4.10. The number of nitrogens with one attached hydrogen (secondary N) is 1. The van der Waals surface area contributed by atoms with Crippen LogP contribution in [0.25, 0.3) is 22.3 Å². The van der Waals surface area contributed by atoms with Gasteiger partial charge < -0.3 is 20.4 Å². The minimum absolute atomic E-state index is 0.312. The van der Waals surface area contributed by atoms with Crippen molar-refractivity contribution in [2.75, 3.05) is 37.5 Å². The van der Waals surface area contributed by atoms with Crippen molar-refractivity contribution in [2.45, 2.75) is 31.1 Å². The van der Waals surface area contributed by atoms with Gasteiger partial charge in [0.15, 0.2) is 5.82 Å². The van der Waals surface area contributed by atoms with E-state index >= 15 is 0 Å². The van der Waals surface area contributed by atoms with Gasteiger partial charge in [-0.2, -0.15) is 11.8 Å². The lowest BCUT2D eigenvalue weighted by Gasteiger charge is -2.34. The summed E-state index contributed by atoms with van der Waals surface area (Å²) in [5, 5.41) is 1.57. The van der Waals surface area contributed by atoms with Gasteiger partial charge in [-0.1, -0.05) is 0 Å². The predicted octanol–water partition coefficient (Wildman–Crippen LogP) is 3.39. The molecular weight excluding hydrogens is 384 g/mol. The van der Waals surface area contributed by atoms with Crippen LogP contribution >= 0.6 is 11.8 Å². The average Bonchev–Trinajstić information content (AvgIpc) is 3.47. The highest BCUT2D eigenvalue weighted by atomic mass is 32.2. The first-order chi connectivity index (χ1) is 14.3. The maximum Gasteiger partial charge on any atom is 0.164 e. The van der Waals surface area contributed by atoms with Crippen LogP contribution in [0.15, 0.2) is 30.7 Å². The third-order valence-electron chi connectivity index (χ3n) is 5.37. The zero-order chi connectivity index (χ0) is 20.2. The van der Waals surface area contributed by atoms with Gasteiger partial charge in [0.2, 0.25) is 0 Å². The number of hydrogen-bond donors (Lipinski definition) is 2. The fourth-order valence-electron chi connectivity index (χ4n) is 3.92. The first-order valence-electron chi connectivity index (χ1n) is 10.1. The Labute approximate surface area is 175 Å². The number of pyridine rings is 1. The summed E-state index contributed by atoms with van der Waals surface area (Å²) in [6.07, 6.45) is 8.11. The molecule has 3 aromatic heterocycles. The molecule has 2 unspecified atom stereocenters. The SMILES string of the molecule is CC1COCCN1c1cc(C2CCCS2)nc(-c2cncc3[nH]ccc23)n1.CN. The number of H-pyrrole nitrogens is 1. The Hall–Kier alpha value is -2.16. The first-order valence-corrected chi connectivity index (χ1v) is 11.2. The van der Waals surface area contributed by atoms with Gasteiger partial charge in [0.25, 0.3) is 0 Å². The number of aromatic amines is 1. The zero-order valence-corrected chi connectivity index (χ0v) is 17.8. The van der Waals surface area contributed by atoms with Crippen LogP contribution in [-0.4, -0.2) is 58.5 Å². The number of hydrogen-bond acceptors (Lipinski definition) is 7. The lowest BCUT2D eigenvalue weighted by Crippen LogP contribution is -2.44. The van der Waals surface area contributed by atoms with Gasteiger partial charge in [-0.05, 0) is 38.6 Å². The fourth-order valence-corrected chi connectivity index (χ4v) is 5.16. The van der Waals surface area contributed by atoms with Crippen molar-refractivity contribution in [2.24, 2.45) is 5.73 Å². The molecule has 2 saturated heterocycles. The highest BCUT2D eigenvalue weighted by molar-refractivity contribution is 7.99. The standard InChI is InChI=1S/C20H23N5OS.CH5N/c1-13-12-26-7-6-25(13)19-9-16(18-3-2-8-27-18)23-20(24-19)15-10-21-11-17-14(15)4-5-22-17;1-2/h4-5,9-11,13,18,22H,2-3,6-8,12H2,1H3;2H2,1H3. The van der Waals surface area contributed by atoms with Crippen molar-refractivity contribution in [1.82, 2.24) is 19.9 Å². The lowest BCUT2D eigenvalue weighted by molar-refractivity contribution is 0.0985. The maximum absolute atomic E-state index is 5.62. The van der Waals surface area contributed by atoms with Crippen molar-refractivity contribution < 1.29 is 4.74 Å². The number of thioether (sulfide) groups is 1. The van der Waals surface area contributed by atoms with Gasteiger partial charge in [0.05, 0.1) is 36.7 Å². The molecule has 0 bridgehead atoms. The number of morpholine rings is 1. The topological polar surface area (TPSA) is 93.0 Å². The summed E-state index contributed by atoms with van der Waals surface area (Å²) >= 11 is 2.01. The summed E-state index contributed by atoms with van der Waals surface area (Å²) in [5.74, 6) is 2.99. The molecule has 8 heteroatoms. The molecule has 0 spiro atoms. The van der Waals surface area contributed by atoms with E-state index in [1.807, 2.05) is 30.4 Å². The molecule has 3 N–H and O–H groups in total. The van der Waals surface area contributed by atoms with Crippen molar-refractivity contribution >= 4 is 28.5 Å². The van der Waals surface area contributed by atoms with Crippen LogP contribution in [0.1, 0.15) is 30.7 Å². The molecule has 0 saturated carbocycles. The number of nitrogens with two attached hydrogens (primary N) is 1. The highest BCUT2D eigenvalue weighted by Crippen LogP contribution is 2.40. The Morgan fingerprint density at radius 1 is 1.28 bits per heavy atom. The summed E-state index contributed by atoms with van der Waals surface area (Å²) in [6.45, 7) is 4.54. The predicted molar refractivity (Wildman–Crippen MR) is 119 cm³/mol. The van der Waals surface area contributed by atoms with Gasteiger partial charge in [-0.3, -0.25) is 4.98 Å². The molecular formula is C21H28N6OS. The van der Waals surface area contributed by atoms with E-state index in [0.29, 0.717) is 11.3 Å². The van der Waals surface area contributed by atoms with Crippen molar-refractivity contribution in [3.8, 4) is 11.4 Å². The second kappa shape index (κ2) is 9.11. The second-order valence-electron chi connectivity index (χ2n) is 7.22. The van der Waals surface area contributed by atoms with E-state index in [1.165, 1.54) is 25.6 Å². The number of anilines is 1. The van der Waals surface area contributed by atoms with E-state index in [1.54, 1.807) is 0 Å². The van der Waals surface area contributed by atoms with Crippen LogP contribution < -0.4 is 10.6 Å². The molecule has 7 nitrogen and oxygen atoms in total. The maximum atomic E-state index is 5.62. The molecule has 0 aromatic carbocycles. The van der Waals surface area contributed by atoms with Crippen molar-refractivity contribution in [3.63, 3.8) is 0 Å². The van der Waals surface area contributed by atoms with E-state index in [2.05, 4.69) is 39.7 Å². The van der Waals surface area contributed by atoms with Crippen LogP contribution in [0.5, 0.6) is 0 Å². The monoisotopic (exact) mass is 412 g/mol. The molecule has 5 heterocycles. The summed E-state index contributed by atoms with van der Waals surface area (Å²) in [7, 11) is 1.50.